The minimum Gasteiger partial charge on any atom is -0.466 e. The van der Waals surface area contributed by atoms with Crippen molar-refractivity contribution in [3.8, 4) is 0 Å². The Morgan fingerprint density at radius 1 is 0.510 bits per heavy atom. The van der Waals surface area contributed by atoms with Gasteiger partial charge in [-0.05, 0) is 84.7 Å². The molecule has 0 aliphatic rings. The molecule has 1 amide bonds. The number of likely N-dealkylation sites (N-methyl/N-ethyl adjacent to an activating group) is 1. The fourth-order valence-electron chi connectivity index (χ4n) is 5.62. The van der Waals surface area contributed by atoms with Crippen molar-refractivity contribution in [3.05, 3.63) is 48.6 Å². The Morgan fingerprint density at radius 3 is 1.29 bits per heavy atom. The minimum atomic E-state index is -0.639. The van der Waals surface area contributed by atoms with Gasteiger partial charge in [0.05, 0.1) is 32.6 Å². The number of carbonyl (C=O) groups is 3. The molecule has 0 heterocycles. The number of amides is 1. The second-order valence-electron chi connectivity index (χ2n) is 14.2. The highest BCUT2D eigenvalue weighted by molar-refractivity contribution is 5.81. The molecule has 7 nitrogen and oxygen atoms in total. The fraction of sp³-hybridized carbons (Fsp3) is 0.750. The zero-order valence-corrected chi connectivity index (χ0v) is 33.5. The van der Waals surface area contributed by atoms with Crippen LogP contribution in [0, 0.1) is 0 Å². The number of esters is 2. The highest BCUT2D eigenvalue weighted by Crippen LogP contribution is 2.11. The van der Waals surface area contributed by atoms with Gasteiger partial charge in [0, 0.05) is 6.04 Å². The molecule has 0 bridgehead atoms. The number of nitrogens with zero attached hydrogens (tertiary/aromatic N) is 1. The third-order valence-corrected chi connectivity index (χ3v) is 8.62. The number of rotatable bonds is 36. The van der Waals surface area contributed by atoms with Crippen LogP contribution in [-0.4, -0.2) is 62.6 Å². The molecule has 0 saturated carbocycles. The molecule has 1 N–H and O–H groups in total. The van der Waals surface area contributed by atoms with E-state index in [2.05, 4.69) is 67.8 Å². The van der Waals surface area contributed by atoms with E-state index in [0.29, 0.717) is 13.2 Å². The Labute approximate surface area is 314 Å². The predicted octanol–water partition coefficient (Wildman–Crippen LogP) is 11.1. The van der Waals surface area contributed by atoms with Crippen LogP contribution in [0.5, 0.6) is 0 Å². The number of unbranched alkanes of at least 4 members (excludes halogenated alkanes) is 17. The van der Waals surface area contributed by atoms with Crippen LogP contribution in [0.25, 0.3) is 0 Å². The quantitative estimate of drug-likeness (QED) is 0.0395. The van der Waals surface area contributed by atoms with Gasteiger partial charge in [-0.25, -0.2) is 0 Å². The standard InChI is InChI=1S/C44H78N2O5/c1-5-7-9-11-13-15-17-19-21-23-25-27-29-31-33-35-37-51-44(49)39-41(45-42(47)40-46(3)4)38-43(48)50-36-34-32-30-28-26-24-22-20-18-16-14-12-10-8-6-2/h12-15,18-21,41H,5-11,16-17,22-40H2,1-4H3,(H,45,47). The van der Waals surface area contributed by atoms with Gasteiger partial charge < -0.3 is 19.7 Å². The summed E-state index contributed by atoms with van der Waals surface area (Å²) in [4.78, 5) is 39.3. The van der Waals surface area contributed by atoms with E-state index in [-0.39, 0.29) is 25.3 Å². The van der Waals surface area contributed by atoms with Crippen molar-refractivity contribution in [3.63, 3.8) is 0 Å². The van der Waals surface area contributed by atoms with E-state index < -0.39 is 18.0 Å². The lowest BCUT2D eigenvalue weighted by Gasteiger charge is -2.19. The first-order valence-electron chi connectivity index (χ1n) is 20.7. The molecule has 1 atom stereocenters. The summed E-state index contributed by atoms with van der Waals surface area (Å²) in [5.74, 6) is -1.02. The first kappa shape index (κ1) is 48.3. The molecule has 0 aromatic rings. The highest BCUT2D eigenvalue weighted by atomic mass is 16.5. The molecule has 294 valence electrons. The average Bonchev–Trinajstić information content (AvgIpc) is 3.09. The SMILES string of the molecule is CCCCC=CCC=CCCCCCCCCOC(=O)CC(CC(=O)OCCCCCCCCC=CCC=CCCCCC)NC(=O)CN(C)C. The maximum Gasteiger partial charge on any atom is 0.307 e. The average molecular weight is 715 g/mol. The van der Waals surface area contributed by atoms with E-state index in [1.165, 1.54) is 83.5 Å². The van der Waals surface area contributed by atoms with Gasteiger partial charge in [-0.15, -0.1) is 0 Å². The van der Waals surface area contributed by atoms with Crippen molar-refractivity contribution in [2.24, 2.45) is 0 Å². The Balaban J connectivity index is 4.07. The lowest BCUT2D eigenvalue weighted by molar-refractivity contribution is -0.146. The summed E-state index contributed by atoms with van der Waals surface area (Å²) in [7, 11) is 3.60. The maximum atomic E-state index is 12.6. The maximum absolute atomic E-state index is 12.6. The minimum absolute atomic E-state index is 0.0404. The van der Waals surface area contributed by atoms with E-state index in [9.17, 15) is 14.4 Å². The Hall–Kier alpha value is -2.67. The molecule has 7 heteroatoms. The normalized spacial score (nSPS) is 12.6. The molecule has 1 unspecified atom stereocenters. The second-order valence-corrected chi connectivity index (χ2v) is 14.2. The van der Waals surface area contributed by atoms with Crippen LogP contribution in [0.15, 0.2) is 48.6 Å². The molecule has 0 aromatic carbocycles. The van der Waals surface area contributed by atoms with Crippen molar-refractivity contribution in [2.75, 3.05) is 33.9 Å². The van der Waals surface area contributed by atoms with Crippen molar-refractivity contribution >= 4 is 17.8 Å². The Kier molecular flexibility index (Phi) is 36.5. The van der Waals surface area contributed by atoms with Gasteiger partial charge in [0.15, 0.2) is 0 Å². The number of ether oxygens (including phenoxy) is 2. The lowest BCUT2D eigenvalue weighted by atomic mass is 10.1. The van der Waals surface area contributed by atoms with Crippen LogP contribution in [-0.2, 0) is 23.9 Å². The van der Waals surface area contributed by atoms with E-state index in [0.717, 1.165) is 64.2 Å². The molecule has 0 radical (unpaired) electrons. The van der Waals surface area contributed by atoms with Gasteiger partial charge in [0.2, 0.25) is 5.91 Å². The first-order chi connectivity index (χ1) is 24.9. The molecule has 0 aliphatic carbocycles. The monoisotopic (exact) mass is 715 g/mol. The molecule has 0 fully saturated rings. The van der Waals surface area contributed by atoms with Crippen LogP contribution < -0.4 is 5.32 Å². The van der Waals surface area contributed by atoms with Gasteiger partial charge in [-0.3, -0.25) is 14.4 Å². The Morgan fingerprint density at radius 2 is 0.882 bits per heavy atom. The van der Waals surface area contributed by atoms with E-state index >= 15 is 0 Å². The van der Waals surface area contributed by atoms with E-state index in [1.54, 1.807) is 19.0 Å². The first-order valence-corrected chi connectivity index (χ1v) is 20.7. The largest absolute Gasteiger partial charge is 0.466 e. The summed E-state index contributed by atoms with van der Waals surface area (Å²) in [6.45, 7) is 5.37. The lowest BCUT2D eigenvalue weighted by Crippen LogP contribution is -2.42. The van der Waals surface area contributed by atoms with Crippen LogP contribution in [0.4, 0.5) is 0 Å². The van der Waals surface area contributed by atoms with Crippen molar-refractivity contribution in [1.29, 1.82) is 0 Å². The third-order valence-electron chi connectivity index (χ3n) is 8.62. The van der Waals surface area contributed by atoms with Crippen LogP contribution >= 0.6 is 0 Å². The predicted molar refractivity (Wildman–Crippen MR) is 216 cm³/mol. The summed E-state index contributed by atoms with van der Waals surface area (Å²) in [6.07, 6.45) is 44.5. The molecule has 0 saturated heterocycles. The molecule has 0 spiro atoms. The van der Waals surface area contributed by atoms with Crippen LogP contribution in [0.1, 0.15) is 174 Å². The summed E-state index contributed by atoms with van der Waals surface area (Å²) < 4.78 is 10.9. The molecule has 0 rings (SSSR count). The topological polar surface area (TPSA) is 84.9 Å². The smallest absolute Gasteiger partial charge is 0.307 e. The van der Waals surface area contributed by atoms with Crippen molar-refractivity contribution in [2.45, 2.75) is 180 Å². The van der Waals surface area contributed by atoms with E-state index in [1.807, 2.05) is 0 Å². The summed E-state index contributed by atoms with van der Waals surface area (Å²) in [5.41, 5.74) is 0. The number of hydrogen-bond acceptors (Lipinski definition) is 6. The second kappa shape index (κ2) is 38.6. The molecule has 0 aliphatic heterocycles. The summed E-state index contributed by atoms with van der Waals surface area (Å²) >= 11 is 0. The third kappa shape index (κ3) is 38.4. The van der Waals surface area contributed by atoms with Crippen molar-refractivity contribution in [1.82, 2.24) is 10.2 Å². The summed E-state index contributed by atoms with van der Waals surface area (Å²) in [5, 5.41) is 2.83. The Bertz CT molecular complexity index is 940. The zero-order chi connectivity index (χ0) is 37.5. The van der Waals surface area contributed by atoms with Crippen LogP contribution in [0.2, 0.25) is 0 Å². The number of hydrogen-bond donors (Lipinski definition) is 1. The van der Waals surface area contributed by atoms with E-state index in [4.69, 9.17) is 9.47 Å². The zero-order valence-electron chi connectivity index (χ0n) is 33.5. The molecule has 0 aromatic heterocycles. The molecule has 51 heavy (non-hydrogen) atoms. The number of allylic oxidation sites excluding steroid dienone is 8. The van der Waals surface area contributed by atoms with Gasteiger partial charge in [-0.2, -0.15) is 0 Å². The molecular weight excluding hydrogens is 636 g/mol. The highest BCUT2D eigenvalue weighted by Gasteiger charge is 2.22. The molecular formula is C44H78N2O5. The van der Waals surface area contributed by atoms with Gasteiger partial charge in [0.1, 0.15) is 0 Å². The fourth-order valence-corrected chi connectivity index (χ4v) is 5.62. The number of nitrogens with one attached hydrogen (secondary N) is 1. The summed E-state index contributed by atoms with van der Waals surface area (Å²) in [6, 6.07) is -0.639. The van der Waals surface area contributed by atoms with Gasteiger partial charge in [0.25, 0.3) is 0 Å². The van der Waals surface area contributed by atoms with Gasteiger partial charge >= 0.3 is 11.9 Å². The van der Waals surface area contributed by atoms with Crippen molar-refractivity contribution < 1.29 is 23.9 Å². The van der Waals surface area contributed by atoms with Crippen LogP contribution in [0.3, 0.4) is 0 Å². The number of carbonyl (C=O) groups excluding carboxylic acids is 3. The van der Waals surface area contributed by atoms with Gasteiger partial charge in [-0.1, -0.05) is 140 Å².